The van der Waals surface area contributed by atoms with Gasteiger partial charge in [-0.05, 0) is 6.07 Å². The molecular formula is C14H12N2O5. The van der Waals surface area contributed by atoms with Crippen molar-refractivity contribution >= 4 is 11.9 Å². The van der Waals surface area contributed by atoms with E-state index < -0.39 is 17.9 Å². The summed E-state index contributed by atoms with van der Waals surface area (Å²) in [5, 5.41) is 23.9. The second kappa shape index (κ2) is 4.62. The summed E-state index contributed by atoms with van der Waals surface area (Å²) in [4.78, 5) is 23.4. The van der Waals surface area contributed by atoms with E-state index in [1.165, 1.54) is 18.5 Å². The number of esters is 1. The summed E-state index contributed by atoms with van der Waals surface area (Å²) >= 11 is 0. The van der Waals surface area contributed by atoms with Gasteiger partial charge in [-0.2, -0.15) is 4.73 Å². The van der Waals surface area contributed by atoms with Crippen molar-refractivity contribution in [1.82, 2.24) is 5.32 Å². The van der Waals surface area contributed by atoms with E-state index in [4.69, 9.17) is 4.74 Å². The van der Waals surface area contributed by atoms with Crippen LogP contribution in [0.3, 0.4) is 0 Å². The first-order valence-electron chi connectivity index (χ1n) is 6.29. The third-order valence-corrected chi connectivity index (χ3v) is 3.70. The van der Waals surface area contributed by atoms with E-state index in [0.29, 0.717) is 21.7 Å². The van der Waals surface area contributed by atoms with Crippen LogP contribution in [-0.4, -0.2) is 23.7 Å². The maximum atomic E-state index is 11.9. The van der Waals surface area contributed by atoms with Crippen molar-refractivity contribution in [3.05, 3.63) is 57.8 Å². The summed E-state index contributed by atoms with van der Waals surface area (Å²) < 4.78 is 5.61. The zero-order valence-electron chi connectivity index (χ0n) is 11.1. The van der Waals surface area contributed by atoms with E-state index >= 15 is 0 Å². The molecule has 0 aromatic carbocycles. The summed E-state index contributed by atoms with van der Waals surface area (Å²) in [7, 11) is 0. The SMILES string of the molecule is Cc1c(C2C(C(=O)O)=CNC3=C2C(=O)OC3)ccc[n+]1[O-]. The predicted octanol–water partition coefficient (Wildman–Crippen LogP) is 0.0946. The number of nitrogens with zero attached hydrogens (tertiary/aromatic N) is 1. The van der Waals surface area contributed by atoms with Gasteiger partial charge < -0.3 is 20.4 Å². The highest BCUT2D eigenvalue weighted by atomic mass is 16.5. The van der Waals surface area contributed by atoms with Gasteiger partial charge in [-0.3, -0.25) is 0 Å². The highest BCUT2D eigenvalue weighted by molar-refractivity contribution is 6.00. The number of hydrogen-bond donors (Lipinski definition) is 2. The number of carbonyl (C=O) groups is 2. The molecule has 1 atom stereocenters. The topological polar surface area (TPSA) is 103 Å². The summed E-state index contributed by atoms with van der Waals surface area (Å²) in [5.74, 6) is -2.52. The molecule has 0 fully saturated rings. The first kappa shape index (κ1) is 13.2. The lowest BCUT2D eigenvalue weighted by molar-refractivity contribution is -0.612. The van der Waals surface area contributed by atoms with Crippen molar-refractivity contribution in [2.75, 3.05) is 6.61 Å². The number of carbonyl (C=O) groups excluding carboxylic acids is 1. The van der Waals surface area contributed by atoms with E-state index in [-0.39, 0.29) is 17.8 Å². The Balaban J connectivity index is 2.20. The fraction of sp³-hybridized carbons (Fsp3) is 0.214. The Morgan fingerprint density at radius 1 is 1.57 bits per heavy atom. The van der Waals surface area contributed by atoms with Gasteiger partial charge in [0.1, 0.15) is 6.61 Å². The smallest absolute Gasteiger partial charge is 0.337 e. The number of nitrogens with one attached hydrogen (secondary N) is 1. The third kappa shape index (κ3) is 1.94. The van der Waals surface area contributed by atoms with Gasteiger partial charge in [-0.25, -0.2) is 9.59 Å². The van der Waals surface area contributed by atoms with Crippen molar-refractivity contribution in [2.24, 2.45) is 0 Å². The van der Waals surface area contributed by atoms with Gasteiger partial charge in [-0.15, -0.1) is 0 Å². The number of hydrogen-bond acceptors (Lipinski definition) is 5. The molecule has 2 aliphatic rings. The minimum atomic E-state index is -1.15. The van der Waals surface area contributed by atoms with Gasteiger partial charge in [-0.1, -0.05) is 0 Å². The van der Waals surface area contributed by atoms with Crippen molar-refractivity contribution in [2.45, 2.75) is 12.8 Å². The molecule has 2 N–H and O–H groups in total. The first-order chi connectivity index (χ1) is 10.0. The molecular weight excluding hydrogens is 276 g/mol. The molecule has 0 radical (unpaired) electrons. The highest BCUT2D eigenvalue weighted by Crippen LogP contribution is 2.39. The molecule has 3 rings (SSSR count). The van der Waals surface area contributed by atoms with Crippen LogP contribution in [0.25, 0.3) is 0 Å². The lowest BCUT2D eigenvalue weighted by Crippen LogP contribution is -2.33. The second-order valence-electron chi connectivity index (χ2n) is 4.83. The van der Waals surface area contributed by atoms with E-state index in [1.807, 2.05) is 0 Å². The van der Waals surface area contributed by atoms with Gasteiger partial charge >= 0.3 is 11.9 Å². The van der Waals surface area contributed by atoms with E-state index in [9.17, 15) is 19.9 Å². The van der Waals surface area contributed by atoms with E-state index in [1.54, 1.807) is 13.0 Å². The maximum Gasteiger partial charge on any atom is 0.337 e. The largest absolute Gasteiger partial charge is 0.619 e. The van der Waals surface area contributed by atoms with Crippen molar-refractivity contribution < 1.29 is 24.2 Å². The number of aromatic nitrogens is 1. The fourth-order valence-corrected chi connectivity index (χ4v) is 2.63. The van der Waals surface area contributed by atoms with Crippen molar-refractivity contribution in [3.63, 3.8) is 0 Å². The molecule has 0 saturated heterocycles. The number of carboxylic acids is 1. The average Bonchev–Trinajstić information content (AvgIpc) is 2.83. The monoisotopic (exact) mass is 288 g/mol. The maximum absolute atomic E-state index is 11.9. The third-order valence-electron chi connectivity index (χ3n) is 3.70. The molecule has 0 bridgehead atoms. The molecule has 1 unspecified atom stereocenters. The summed E-state index contributed by atoms with van der Waals surface area (Å²) in [6, 6.07) is 3.17. The zero-order chi connectivity index (χ0) is 15.1. The summed E-state index contributed by atoms with van der Waals surface area (Å²) in [6.07, 6.45) is 2.67. The Bertz CT molecular complexity index is 720. The summed E-state index contributed by atoms with van der Waals surface area (Å²) in [6.45, 7) is 1.67. The number of carboxylic acid groups (broad SMARTS) is 1. The first-order valence-corrected chi connectivity index (χ1v) is 6.29. The van der Waals surface area contributed by atoms with Crippen LogP contribution in [0.5, 0.6) is 0 Å². The number of ether oxygens (including phenoxy) is 1. The molecule has 0 amide bonds. The van der Waals surface area contributed by atoms with Crippen LogP contribution in [-0.2, 0) is 14.3 Å². The average molecular weight is 288 g/mol. The molecule has 3 heterocycles. The van der Waals surface area contributed by atoms with Crippen LogP contribution in [0.1, 0.15) is 17.2 Å². The minimum Gasteiger partial charge on any atom is -0.619 e. The zero-order valence-corrected chi connectivity index (χ0v) is 11.1. The molecule has 0 spiro atoms. The molecule has 7 nitrogen and oxygen atoms in total. The van der Waals surface area contributed by atoms with Crippen molar-refractivity contribution in [1.29, 1.82) is 0 Å². The molecule has 1 aromatic heterocycles. The molecule has 2 aliphatic heterocycles. The Morgan fingerprint density at radius 2 is 2.33 bits per heavy atom. The van der Waals surface area contributed by atoms with Crippen LogP contribution < -0.4 is 10.0 Å². The number of pyridine rings is 1. The van der Waals surface area contributed by atoms with Gasteiger partial charge in [0.05, 0.1) is 22.8 Å². The van der Waals surface area contributed by atoms with Gasteiger partial charge in [0.15, 0.2) is 11.9 Å². The van der Waals surface area contributed by atoms with Crippen LogP contribution in [0.15, 0.2) is 41.4 Å². The van der Waals surface area contributed by atoms with Crippen LogP contribution >= 0.6 is 0 Å². The van der Waals surface area contributed by atoms with Gasteiger partial charge in [0.2, 0.25) is 0 Å². The normalized spacial score (nSPS) is 20.5. The minimum absolute atomic E-state index is 0.00176. The van der Waals surface area contributed by atoms with Gasteiger partial charge in [0, 0.05) is 24.8 Å². The molecule has 7 heteroatoms. The lowest BCUT2D eigenvalue weighted by atomic mass is 9.82. The van der Waals surface area contributed by atoms with E-state index in [0.717, 1.165) is 0 Å². The predicted molar refractivity (Wildman–Crippen MR) is 69.7 cm³/mol. The summed E-state index contributed by atoms with van der Waals surface area (Å²) in [5.41, 5.74) is 1.62. The number of aliphatic carboxylic acids is 1. The highest BCUT2D eigenvalue weighted by Gasteiger charge is 2.41. The number of dihydropyridines is 1. The Kier molecular flexibility index (Phi) is 2.90. The van der Waals surface area contributed by atoms with E-state index in [2.05, 4.69) is 5.32 Å². The number of rotatable bonds is 2. The van der Waals surface area contributed by atoms with Crippen molar-refractivity contribution in [3.8, 4) is 0 Å². The Morgan fingerprint density at radius 3 is 3.05 bits per heavy atom. The molecule has 1 aromatic rings. The molecule has 108 valence electrons. The molecule has 21 heavy (non-hydrogen) atoms. The Hall–Kier alpha value is -2.83. The van der Waals surface area contributed by atoms with Crippen LogP contribution in [0.4, 0.5) is 0 Å². The van der Waals surface area contributed by atoms with Crippen LogP contribution in [0.2, 0.25) is 0 Å². The lowest BCUT2D eigenvalue weighted by Gasteiger charge is -2.23. The van der Waals surface area contributed by atoms with Crippen LogP contribution in [0, 0.1) is 12.1 Å². The Labute approximate surface area is 119 Å². The fourth-order valence-electron chi connectivity index (χ4n) is 2.63. The number of cyclic esters (lactones) is 1. The molecule has 0 aliphatic carbocycles. The standard InChI is InChI=1S/C14H12N2O5/c1-7-8(3-2-4-16(7)20)11-9(13(17)18)5-15-10-6-21-14(19)12(10)11/h2-5,11,15H,6H2,1H3,(H,17,18). The van der Waals surface area contributed by atoms with Gasteiger partial charge in [0.25, 0.3) is 0 Å². The quantitative estimate of drug-likeness (QED) is 0.454. The molecule has 0 saturated carbocycles. The second-order valence-corrected chi connectivity index (χ2v) is 4.83.